The van der Waals surface area contributed by atoms with Crippen molar-refractivity contribution in [3.63, 3.8) is 0 Å². The van der Waals surface area contributed by atoms with Crippen molar-refractivity contribution in [2.24, 2.45) is 11.8 Å². The van der Waals surface area contributed by atoms with Crippen LogP contribution in [0.3, 0.4) is 0 Å². The Morgan fingerprint density at radius 2 is 1.94 bits per heavy atom. The number of carbonyl (C=O) groups is 2. The van der Waals surface area contributed by atoms with Gasteiger partial charge in [0.1, 0.15) is 22.0 Å². The number of hydrogen-bond donors (Lipinski definition) is 3. The fraction of sp³-hybridized carbons (Fsp3) is 0.391. The molecule has 1 aromatic carbocycles. The number of ether oxygens (including phenoxy) is 1. The second-order valence-electron chi connectivity index (χ2n) is 8.47. The second kappa shape index (κ2) is 10.4. The first kappa shape index (κ1) is 23.9. The van der Waals surface area contributed by atoms with Gasteiger partial charge < -0.3 is 20.7 Å². The molecule has 1 aliphatic carbocycles. The number of amides is 2. The average Bonchev–Trinajstić information content (AvgIpc) is 3.55. The van der Waals surface area contributed by atoms with Gasteiger partial charge in [0.25, 0.3) is 0 Å². The standard InChI is InChI=1S/C23H24ClFN6O3S/c24-13-1-2-17(16(25)11-13)27-19-4-3-18-22(29-19)35-23(28-18)30-21(33)15-12-14(15)20(32)26-5-6-31-7-9-34-10-8-31/h1-4,11,14-15H,5-10,12H2,(H,26,32)(H,27,29)(H,28,30,33). The minimum Gasteiger partial charge on any atom is -0.379 e. The third-order valence-corrected chi connectivity index (χ3v) is 7.09. The van der Waals surface area contributed by atoms with Crippen LogP contribution in [-0.4, -0.2) is 66.1 Å². The molecule has 2 aliphatic rings. The maximum absolute atomic E-state index is 14.1. The van der Waals surface area contributed by atoms with E-state index in [0.29, 0.717) is 39.3 Å². The normalized spacial score (nSPS) is 19.9. The quantitative estimate of drug-likeness (QED) is 0.420. The Bertz CT molecular complexity index is 1250. The molecule has 2 atom stereocenters. The van der Waals surface area contributed by atoms with Gasteiger partial charge in [-0.1, -0.05) is 22.9 Å². The molecule has 1 aliphatic heterocycles. The molecule has 0 radical (unpaired) electrons. The molecule has 5 rings (SSSR count). The lowest BCUT2D eigenvalue weighted by atomic mass is 10.3. The van der Waals surface area contributed by atoms with Crippen molar-refractivity contribution in [2.45, 2.75) is 6.42 Å². The molecule has 35 heavy (non-hydrogen) atoms. The molecule has 0 bridgehead atoms. The Labute approximate surface area is 210 Å². The van der Waals surface area contributed by atoms with Gasteiger partial charge in [-0.25, -0.2) is 14.4 Å². The number of rotatable bonds is 8. The highest BCUT2D eigenvalue weighted by molar-refractivity contribution is 7.22. The monoisotopic (exact) mass is 518 g/mol. The zero-order chi connectivity index (χ0) is 24.4. The first-order valence-electron chi connectivity index (χ1n) is 11.3. The molecule has 2 amide bonds. The van der Waals surface area contributed by atoms with E-state index in [1.54, 1.807) is 18.2 Å². The van der Waals surface area contributed by atoms with Crippen LogP contribution in [0.25, 0.3) is 10.3 Å². The molecule has 2 aromatic heterocycles. The second-order valence-corrected chi connectivity index (χ2v) is 9.89. The van der Waals surface area contributed by atoms with Gasteiger partial charge in [-0.3, -0.25) is 14.5 Å². The molecule has 1 saturated carbocycles. The average molecular weight is 519 g/mol. The zero-order valence-corrected chi connectivity index (χ0v) is 20.3. The van der Waals surface area contributed by atoms with Crippen molar-refractivity contribution in [1.29, 1.82) is 0 Å². The summed E-state index contributed by atoms with van der Waals surface area (Å²) in [7, 11) is 0. The Balaban J connectivity index is 1.13. The van der Waals surface area contributed by atoms with Gasteiger partial charge in [0, 0.05) is 31.2 Å². The summed E-state index contributed by atoms with van der Waals surface area (Å²) in [6.07, 6.45) is 0.527. The molecule has 12 heteroatoms. The maximum Gasteiger partial charge on any atom is 0.230 e. The number of carbonyl (C=O) groups excluding carboxylic acids is 2. The lowest BCUT2D eigenvalue weighted by Crippen LogP contribution is -2.41. The fourth-order valence-corrected chi connectivity index (χ4v) is 4.93. The van der Waals surface area contributed by atoms with Crippen LogP contribution in [0, 0.1) is 17.7 Å². The zero-order valence-electron chi connectivity index (χ0n) is 18.7. The Morgan fingerprint density at radius 3 is 2.74 bits per heavy atom. The van der Waals surface area contributed by atoms with E-state index in [0.717, 1.165) is 32.8 Å². The van der Waals surface area contributed by atoms with Gasteiger partial charge in [0.05, 0.1) is 30.7 Å². The predicted octanol–water partition coefficient (Wildman–Crippen LogP) is 3.25. The van der Waals surface area contributed by atoms with Crippen LogP contribution in [0.15, 0.2) is 30.3 Å². The molecule has 1 saturated heterocycles. The summed E-state index contributed by atoms with van der Waals surface area (Å²) in [6, 6.07) is 7.76. The lowest BCUT2D eigenvalue weighted by molar-refractivity contribution is -0.125. The molecular weight excluding hydrogens is 495 g/mol. The third kappa shape index (κ3) is 5.87. The van der Waals surface area contributed by atoms with Crippen LogP contribution in [0.1, 0.15) is 6.42 Å². The summed E-state index contributed by atoms with van der Waals surface area (Å²) in [6.45, 7) is 4.52. The number of nitrogens with one attached hydrogen (secondary N) is 3. The van der Waals surface area contributed by atoms with E-state index in [-0.39, 0.29) is 29.3 Å². The largest absolute Gasteiger partial charge is 0.379 e. The van der Waals surface area contributed by atoms with Crippen molar-refractivity contribution in [2.75, 3.05) is 50.0 Å². The van der Waals surface area contributed by atoms with Crippen LogP contribution < -0.4 is 16.0 Å². The van der Waals surface area contributed by atoms with Crippen molar-refractivity contribution in [3.05, 3.63) is 41.2 Å². The number of nitrogens with zero attached hydrogens (tertiary/aromatic N) is 3. The maximum atomic E-state index is 14.1. The van der Waals surface area contributed by atoms with E-state index in [1.807, 2.05) is 0 Å². The predicted molar refractivity (Wildman–Crippen MR) is 133 cm³/mol. The minimum atomic E-state index is -0.485. The first-order valence-corrected chi connectivity index (χ1v) is 12.5. The minimum absolute atomic E-state index is 0.0884. The van der Waals surface area contributed by atoms with Crippen molar-refractivity contribution < 1.29 is 18.7 Å². The van der Waals surface area contributed by atoms with E-state index in [4.69, 9.17) is 16.3 Å². The third-order valence-electron chi connectivity index (χ3n) is 5.97. The van der Waals surface area contributed by atoms with Gasteiger partial charge in [0.2, 0.25) is 11.8 Å². The number of anilines is 3. The number of benzene rings is 1. The Hall–Kier alpha value is -2.86. The number of halogens is 2. The molecule has 9 nitrogen and oxygen atoms in total. The summed E-state index contributed by atoms with van der Waals surface area (Å²) in [5.41, 5.74) is 0.864. The van der Waals surface area contributed by atoms with Crippen LogP contribution >= 0.6 is 22.9 Å². The highest BCUT2D eigenvalue weighted by Gasteiger charge is 2.48. The van der Waals surface area contributed by atoms with Crippen LogP contribution in [-0.2, 0) is 14.3 Å². The summed E-state index contributed by atoms with van der Waals surface area (Å²) in [5, 5.41) is 9.37. The summed E-state index contributed by atoms with van der Waals surface area (Å²) in [4.78, 5) is 36.7. The van der Waals surface area contributed by atoms with Gasteiger partial charge in [-0.2, -0.15) is 0 Å². The molecule has 3 N–H and O–H groups in total. The molecule has 2 fully saturated rings. The topological polar surface area (TPSA) is 108 Å². The molecule has 3 aromatic rings. The summed E-state index contributed by atoms with van der Waals surface area (Å²) in [5.74, 6) is -1.02. The van der Waals surface area contributed by atoms with Gasteiger partial charge in [0.15, 0.2) is 5.13 Å². The number of aromatic nitrogens is 2. The van der Waals surface area contributed by atoms with E-state index in [9.17, 15) is 14.0 Å². The summed E-state index contributed by atoms with van der Waals surface area (Å²) < 4.78 is 19.4. The molecule has 2 unspecified atom stereocenters. The van der Waals surface area contributed by atoms with E-state index in [1.165, 1.54) is 23.5 Å². The van der Waals surface area contributed by atoms with Crippen molar-refractivity contribution in [1.82, 2.24) is 20.2 Å². The Kier molecular flexibility index (Phi) is 7.09. The first-order chi connectivity index (χ1) is 17.0. The fourth-order valence-electron chi connectivity index (χ4n) is 3.93. The number of thiazole rings is 1. The number of fused-ring (bicyclic) bond motifs is 1. The molecule has 0 spiro atoms. The van der Waals surface area contributed by atoms with Crippen molar-refractivity contribution in [3.8, 4) is 0 Å². The van der Waals surface area contributed by atoms with Crippen LogP contribution in [0.4, 0.5) is 21.0 Å². The number of pyridine rings is 1. The Morgan fingerprint density at radius 1 is 1.14 bits per heavy atom. The van der Waals surface area contributed by atoms with Crippen LogP contribution in [0.2, 0.25) is 5.02 Å². The van der Waals surface area contributed by atoms with Gasteiger partial charge in [-0.05, 0) is 36.8 Å². The summed E-state index contributed by atoms with van der Waals surface area (Å²) >= 11 is 7.01. The van der Waals surface area contributed by atoms with Gasteiger partial charge >= 0.3 is 0 Å². The number of hydrogen-bond acceptors (Lipinski definition) is 8. The molecular formula is C23H24ClFN6O3S. The number of morpholine rings is 1. The highest BCUT2D eigenvalue weighted by atomic mass is 35.5. The van der Waals surface area contributed by atoms with E-state index in [2.05, 4.69) is 30.8 Å². The van der Waals surface area contributed by atoms with Crippen molar-refractivity contribution >= 4 is 61.7 Å². The highest BCUT2D eigenvalue weighted by Crippen LogP contribution is 2.40. The van der Waals surface area contributed by atoms with Crippen LogP contribution in [0.5, 0.6) is 0 Å². The molecule has 184 valence electrons. The lowest BCUT2D eigenvalue weighted by Gasteiger charge is -2.26. The molecule has 3 heterocycles. The van der Waals surface area contributed by atoms with Gasteiger partial charge in [-0.15, -0.1) is 0 Å². The smallest absolute Gasteiger partial charge is 0.230 e. The van der Waals surface area contributed by atoms with E-state index < -0.39 is 5.82 Å². The van der Waals surface area contributed by atoms with E-state index >= 15 is 0 Å². The SMILES string of the molecule is O=C(NCCN1CCOCC1)C1CC1C(=O)Nc1nc2ccc(Nc3ccc(Cl)cc3F)nc2s1.